The van der Waals surface area contributed by atoms with E-state index in [1.807, 2.05) is 0 Å². The predicted molar refractivity (Wildman–Crippen MR) is 86.8 cm³/mol. The summed E-state index contributed by atoms with van der Waals surface area (Å²) in [4.78, 5) is 0. The van der Waals surface area contributed by atoms with E-state index in [1.165, 1.54) is 11.1 Å². The number of rotatable bonds is 7. The van der Waals surface area contributed by atoms with Crippen molar-refractivity contribution in [3.8, 4) is 5.75 Å². The van der Waals surface area contributed by atoms with Crippen molar-refractivity contribution in [1.29, 1.82) is 0 Å². The van der Waals surface area contributed by atoms with E-state index in [0.29, 0.717) is 0 Å². The molecule has 1 aliphatic heterocycles. The third-order valence-corrected chi connectivity index (χ3v) is 4.04. The van der Waals surface area contributed by atoms with Gasteiger partial charge in [0.15, 0.2) is 0 Å². The van der Waals surface area contributed by atoms with E-state index in [4.69, 9.17) is 9.47 Å². The molecule has 0 spiro atoms. The molecule has 1 heterocycles. The molecule has 0 atom stereocenters. The van der Waals surface area contributed by atoms with Crippen LogP contribution in [0.25, 0.3) is 0 Å². The van der Waals surface area contributed by atoms with Crippen molar-refractivity contribution in [3.63, 3.8) is 0 Å². The molecule has 3 nitrogen and oxygen atoms in total. The minimum Gasteiger partial charge on any atom is -0.487 e. The van der Waals surface area contributed by atoms with Crippen LogP contribution in [0.5, 0.6) is 5.75 Å². The van der Waals surface area contributed by atoms with Crippen molar-refractivity contribution in [2.75, 3.05) is 20.3 Å². The van der Waals surface area contributed by atoms with Crippen molar-refractivity contribution in [2.45, 2.75) is 52.7 Å². The number of nitrogens with one attached hydrogen (secondary N) is 1. The minimum absolute atomic E-state index is 0.0590. The summed E-state index contributed by atoms with van der Waals surface area (Å²) in [5, 5.41) is 3.57. The zero-order valence-corrected chi connectivity index (χ0v) is 14.1. The zero-order valence-electron chi connectivity index (χ0n) is 14.1. The Bertz CT molecular complexity index is 480. The van der Waals surface area contributed by atoms with Gasteiger partial charge in [-0.05, 0) is 42.9 Å². The van der Waals surface area contributed by atoms with Crippen molar-refractivity contribution in [3.05, 3.63) is 29.3 Å². The normalized spacial score (nSPS) is 16.6. The van der Waals surface area contributed by atoms with Crippen LogP contribution in [0.15, 0.2) is 18.2 Å². The Hall–Kier alpha value is -1.06. The van der Waals surface area contributed by atoms with Gasteiger partial charge in [-0.15, -0.1) is 0 Å². The molecule has 118 valence electrons. The van der Waals surface area contributed by atoms with Crippen molar-refractivity contribution >= 4 is 0 Å². The van der Waals surface area contributed by atoms with E-state index in [1.54, 1.807) is 7.11 Å². The summed E-state index contributed by atoms with van der Waals surface area (Å²) in [7, 11) is 1.76. The van der Waals surface area contributed by atoms with Crippen LogP contribution in [-0.2, 0) is 17.7 Å². The maximum Gasteiger partial charge on any atom is 0.123 e. The highest BCUT2D eigenvalue weighted by atomic mass is 16.5. The lowest BCUT2D eigenvalue weighted by Crippen LogP contribution is -2.30. The number of fused-ring (bicyclic) bond motifs is 1. The Morgan fingerprint density at radius 1 is 1.33 bits per heavy atom. The molecule has 0 amide bonds. The van der Waals surface area contributed by atoms with E-state index in [9.17, 15) is 0 Å². The van der Waals surface area contributed by atoms with Gasteiger partial charge in [-0.3, -0.25) is 0 Å². The Kier molecular flexibility index (Phi) is 4.95. The van der Waals surface area contributed by atoms with Crippen LogP contribution in [0.2, 0.25) is 0 Å². The molecule has 1 aromatic rings. The summed E-state index contributed by atoms with van der Waals surface area (Å²) in [6.07, 6.45) is 2.07. The van der Waals surface area contributed by atoms with Gasteiger partial charge in [0, 0.05) is 33.2 Å². The molecule has 0 fully saturated rings. The van der Waals surface area contributed by atoms with E-state index in [0.717, 1.165) is 38.3 Å². The van der Waals surface area contributed by atoms with E-state index < -0.39 is 0 Å². The molecule has 1 aliphatic rings. The lowest BCUT2D eigenvalue weighted by Gasteiger charge is -2.24. The first kappa shape index (κ1) is 16.3. The Morgan fingerprint density at radius 3 is 2.81 bits per heavy atom. The Labute approximate surface area is 129 Å². The highest BCUT2D eigenvalue weighted by molar-refractivity contribution is 5.41. The van der Waals surface area contributed by atoms with Crippen molar-refractivity contribution in [1.82, 2.24) is 5.32 Å². The van der Waals surface area contributed by atoms with Crippen LogP contribution < -0.4 is 10.1 Å². The van der Waals surface area contributed by atoms with Crippen LogP contribution >= 0.6 is 0 Å². The number of hydrogen-bond acceptors (Lipinski definition) is 3. The maximum absolute atomic E-state index is 5.92. The molecule has 3 heteroatoms. The van der Waals surface area contributed by atoms with E-state index >= 15 is 0 Å². The lowest BCUT2D eigenvalue weighted by atomic mass is 9.89. The summed E-state index contributed by atoms with van der Waals surface area (Å²) in [5.74, 6) is 1.05. The van der Waals surface area contributed by atoms with Crippen LogP contribution in [0, 0.1) is 5.41 Å². The molecule has 0 aliphatic carbocycles. The number of benzene rings is 1. The topological polar surface area (TPSA) is 30.5 Å². The van der Waals surface area contributed by atoms with Gasteiger partial charge in [0.1, 0.15) is 11.4 Å². The second kappa shape index (κ2) is 6.37. The van der Waals surface area contributed by atoms with Crippen molar-refractivity contribution < 1.29 is 9.47 Å². The molecule has 1 aromatic carbocycles. The monoisotopic (exact) mass is 291 g/mol. The fourth-order valence-electron chi connectivity index (χ4n) is 2.78. The van der Waals surface area contributed by atoms with Gasteiger partial charge >= 0.3 is 0 Å². The van der Waals surface area contributed by atoms with Gasteiger partial charge in [-0.1, -0.05) is 26.0 Å². The summed E-state index contributed by atoms with van der Waals surface area (Å²) >= 11 is 0. The van der Waals surface area contributed by atoms with E-state index in [-0.39, 0.29) is 11.0 Å². The fraction of sp³-hybridized carbons (Fsp3) is 0.667. The largest absolute Gasteiger partial charge is 0.487 e. The fourth-order valence-corrected chi connectivity index (χ4v) is 2.78. The molecule has 0 radical (unpaired) electrons. The molecular weight excluding hydrogens is 262 g/mol. The molecule has 0 aromatic heterocycles. The van der Waals surface area contributed by atoms with Gasteiger partial charge in [-0.25, -0.2) is 0 Å². The SMILES string of the molecule is COCCC(C)(C)CNCc1ccc2c(c1)CC(C)(C)O2. The number of methoxy groups -OCH3 is 1. The predicted octanol–water partition coefficient (Wildman–Crippen LogP) is 3.55. The lowest BCUT2D eigenvalue weighted by molar-refractivity contribution is 0.138. The summed E-state index contributed by atoms with van der Waals surface area (Å²) in [6, 6.07) is 6.55. The molecule has 0 saturated heterocycles. The number of hydrogen-bond donors (Lipinski definition) is 1. The van der Waals surface area contributed by atoms with Gasteiger partial charge < -0.3 is 14.8 Å². The smallest absolute Gasteiger partial charge is 0.123 e. The standard InChI is InChI=1S/C18H29NO2/c1-17(2,8-9-20-5)13-19-12-14-6-7-16-15(10-14)11-18(3,4)21-16/h6-7,10,19H,8-9,11-13H2,1-5H3. The quantitative estimate of drug-likeness (QED) is 0.833. The molecule has 0 saturated carbocycles. The third kappa shape index (κ3) is 4.72. The van der Waals surface area contributed by atoms with Crippen LogP contribution in [0.1, 0.15) is 45.2 Å². The summed E-state index contributed by atoms with van der Waals surface area (Å²) in [5.41, 5.74) is 2.87. The molecule has 2 rings (SSSR count). The highest BCUT2D eigenvalue weighted by Gasteiger charge is 2.29. The van der Waals surface area contributed by atoms with Gasteiger partial charge in [0.05, 0.1) is 0 Å². The number of ether oxygens (including phenoxy) is 2. The molecular formula is C18H29NO2. The first-order valence-electron chi connectivity index (χ1n) is 7.82. The Balaban J connectivity index is 1.85. The van der Waals surface area contributed by atoms with Gasteiger partial charge in [-0.2, -0.15) is 0 Å². The zero-order chi connectivity index (χ0) is 15.5. The second-order valence-electron chi connectivity index (χ2n) is 7.49. The first-order chi connectivity index (χ1) is 9.81. The Morgan fingerprint density at radius 2 is 2.10 bits per heavy atom. The van der Waals surface area contributed by atoms with Gasteiger partial charge in [0.25, 0.3) is 0 Å². The molecule has 0 unspecified atom stereocenters. The minimum atomic E-state index is -0.0590. The molecule has 0 bridgehead atoms. The maximum atomic E-state index is 5.92. The average molecular weight is 291 g/mol. The van der Waals surface area contributed by atoms with Crippen LogP contribution in [0.3, 0.4) is 0 Å². The molecule has 21 heavy (non-hydrogen) atoms. The summed E-state index contributed by atoms with van der Waals surface area (Å²) < 4.78 is 11.1. The average Bonchev–Trinajstić information content (AvgIpc) is 2.69. The third-order valence-electron chi connectivity index (χ3n) is 4.04. The van der Waals surface area contributed by atoms with Crippen LogP contribution in [-0.4, -0.2) is 25.9 Å². The van der Waals surface area contributed by atoms with E-state index in [2.05, 4.69) is 51.2 Å². The highest BCUT2D eigenvalue weighted by Crippen LogP contribution is 2.35. The van der Waals surface area contributed by atoms with Crippen molar-refractivity contribution in [2.24, 2.45) is 5.41 Å². The first-order valence-corrected chi connectivity index (χ1v) is 7.82. The summed E-state index contributed by atoms with van der Waals surface area (Å²) in [6.45, 7) is 11.6. The molecule has 1 N–H and O–H groups in total. The second-order valence-corrected chi connectivity index (χ2v) is 7.49. The van der Waals surface area contributed by atoms with Crippen LogP contribution in [0.4, 0.5) is 0 Å². The van der Waals surface area contributed by atoms with Gasteiger partial charge in [0.2, 0.25) is 0 Å².